The Kier molecular flexibility index (Phi) is 6.31. The average Bonchev–Trinajstić information content (AvgIpc) is 3.22. The van der Waals surface area contributed by atoms with Crippen molar-refractivity contribution in [1.82, 2.24) is 19.7 Å². The first-order valence-electron chi connectivity index (χ1n) is 10.0. The second kappa shape index (κ2) is 9.30. The fourth-order valence-corrected chi connectivity index (χ4v) is 4.53. The number of benzene rings is 2. The molecular weight excluding hydrogens is 417 g/mol. The molecule has 7 nitrogen and oxygen atoms in total. The van der Waals surface area contributed by atoms with E-state index in [1.165, 1.54) is 23.9 Å². The molecule has 1 atom stereocenters. The van der Waals surface area contributed by atoms with Crippen molar-refractivity contribution in [2.24, 2.45) is 5.73 Å². The number of primary amides is 1. The van der Waals surface area contributed by atoms with Gasteiger partial charge in [-0.1, -0.05) is 30.0 Å². The number of hydrogen-bond donors (Lipinski definition) is 1. The van der Waals surface area contributed by atoms with Gasteiger partial charge < -0.3 is 10.6 Å². The lowest BCUT2D eigenvalue weighted by Gasteiger charge is -2.33. The predicted molar refractivity (Wildman–Crippen MR) is 116 cm³/mol. The topological polar surface area (TPSA) is 94.1 Å². The van der Waals surface area contributed by atoms with Gasteiger partial charge in [0.15, 0.2) is 11.0 Å². The van der Waals surface area contributed by atoms with Gasteiger partial charge >= 0.3 is 0 Å². The quantitative estimate of drug-likeness (QED) is 0.596. The van der Waals surface area contributed by atoms with Crippen LogP contribution >= 0.6 is 11.8 Å². The number of likely N-dealkylation sites (tertiary alicyclic amines) is 1. The largest absolute Gasteiger partial charge is 0.368 e. The van der Waals surface area contributed by atoms with Gasteiger partial charge in [0.25, 0.3) is 0 Å². The molecule has 2 heterocycles. The summed E-state index contributed by atoms with van der Waals surface area (Å²) in [6.45, 7) is 0.527. The summed E-state index contributed by atoms with van der Waals surface area (Å²) >= 11 is 1.25. The van der Waals surface area contributed by atoms with E-state index in [0.717, 1.165) is 18.5 Å². The van der Waals surface area contributed by atoms with Crippen LogP contribution in [0.4, 0.5) is 4.39 Å². The number of para-hydroxylation sites is 1. The molecule has 9 heteroatoms. The van der Waals surface area contributed by atoms with E-state index in [9.17, 15) is 14.0 Å². The Bertz CT molecular complexity index is 1070. The maximum atomic E-state index is 13.4. The van der Waals surface area contributed by atoms with Gasteiger partial charge in [0, 0.05) is 17.8 Å². The third kappa shape index (κ3) is 4.61. The third-order valence-electron chi connectivity index (χ3n) is 5.23. The van der Waals surface area contributed by atoms with Crippen LogP contribution in [0.25, 0.3) is 17.1 Å². The monoisotopic (exact) mass is 439 g/mol. The van der Waals surface area contributed by atoms with Crippen molar-refractivity contribution in [2.75, 3.05) is 12.3 Å². The van der Waals surface area contributed by atoms with E-state index in [1.807, 2.05) is 34.9 Å². The van der Waals surface area contributed by atoms with Crippen LogP contribution in [0.2, 0.25) is 0 Å². The summed E-state index contributed by atoms with van der Waals surface area (Å²) in [5, 5.41) is 9.11. The number of nitrogens with zero attached hydrogens (tertiary/aromatic N) is 4. The van der Waals surface area contributed by atoms with Crippen molar-refractivity contribution in [3.05, 3.63) is 60.4 Å². The molecule has 1 fully saturated rings. The lowest BCUT2D eigenvalue weighted by molar-refractivity contribution is -0.138. The number of thioether (sulfide) groups is 1. The van der Waals surface area contributed by atoms with Crippen LogP contribution in [0.3, 0.4) is 0 Å². The Hall–Kier alpha value is -3.20. The Balaban J connectivity index is 1.60. The first-order valence-corrected chi connectivity index (χ1v) is 11.0. The highest BCUT2D eigenvalue weighted by Gasteiger charge is 2.30. The molecule has 1 saturated heterocycles. The molecule has 0 radical (unpaired) electrons. The lowest BCUT2D eigenvalue weighted by Crippen LogP contribution is -2.51. The molecule has 0 bridgehead atoms. The Morgan fingerprint density at radius 3 is 2.52 bits per heavy atom. The highest BCUT2D eigenvalue weighted by molar-refractivity contribution is 7.99. The number of rotatable bonds is 6. The smallest absolute Gasteiger partial charge is 0.240 e. The van der Waals surface area contributed by atoms with Crippen LogP contribution < -0.4 is 5.73 Å². The summed E-state index contributed by atoms with van der Waals surface area (Å²) in [5.74, 6) is -0.295. The van der Waals surface area contributed by atoms with Crippen LogP contribution in [0.1, 0.15) is 19.3 Å². The second-order valence-electron chi connectivity index (χ2n) is 7.27. The molecule has 31 heavy (non-hydrogen) atoms. The summed E-state index contributed by atoms with van der Waals surface area (Å²) < 4.78 is 15.2. The average molecular weight is 440 g/mol. The van der Waals surface area contributed by atoms with E-state index in [-0.39, 0.29) is 17.5 Å². The number of hydrogen-bond acceptors (Lipinski definition) is 5. The zero-order valence-electron chi connectivity index (χ0n) is 16.8. The van der Waals surface area contributed by atoms with Gasteiger partial charge in [-0.2, -0.15) is 0 Å². The van der Waals surface area contributed by atoms with Crippen LogP contribution in [-0.2, 0) is 9.59 Å². The second-order valence-corrected chi connectivity index (χ2v) is 8.22. The molecule has 1 unspecified atom stereocenters. The molecule has 2 N–H and O–H groups in total. The summed E-state index contributed by atoms with van der Waals surface area (Å²) in [4.78, 5) is 26.2. The summed E-state index contributed by atoms with van der Waals surface area (Å²) in [5.41, 5.74) is 7.03. The van der Waals surface area contributed by atoms with Crippen molar-refractivity contribution in [3.63, 3.8) is 0 Å². The van der Waals surface area contributed by atoms with E-state index in [2.05, 4.69) is 10.2 Å². The van der Waals surface area contributed by atoms with Gasteiger partial charge in [-0.15, -0.1) is 10.2 Å². The van der Waals surface area contributed by atoms with Gasteiger partial charge in [-0.05, 0) is 55.7 Å². The Morgan fingerprint density at radius 2 is 1.81 bits per heavy atom. The fraction of sp³-hybridized carbons (Fsp3) is 0.273. The molecule has 1 aliphatic heterocycles. The van der Waals surface area contributed by atoms with E-state index in [0.29, 0.717) is 29.5 Å². The van der Waals surface area contributed by atoms with Gasteiger partial charge in [0.2, 0.25) is 11.8 Å². The molecule has 1 aromatic heterocycles. The summed E-state index contributed by atoms with van der Waals surface area (Å²) in [6, 6.07) is 15.0. The van der Waals surface area contributed by atoms with Gasteiger partial charge in [-0.25, -0.2) is 4.39 Å². The van der Waals surface area contributed by atoms with Crippen molar-refractivity contribution >= 4 is 23.6 Å². The number of piperidine rings is 1. The van der Waals surface area contributed by atoms with Gasteiger partial charge in [0.1, 0.15) is 11.9 Å². The molecule has 0 saturated carbocycles. The minimum absolute atomic E-state index is 0.109. The SMILES string of the molecule is NC(=O)C1CCCCN1C(=O)CSc1nnc(-c2ccc(F)cc2)n1-c1ccccc1. The number of carbonyl (C=O) groups is 2. The third-order valence-corrected chi connectivity index (χ3v) is 6.14. The van der Waals surface area contributed by atoms with Crippen molar-refractivity contribution in [1.29, 1.82) is 0 Å². The Morgan fingerprint density at radius 1 is 1.06 bits per heavy atom. The molecule has 4 rings (SSSR count). The minimum atomic E-state index is -0.552. The normalized spacial score (nSPS) is 16.3. The first-order chi connectivity index (χ1) is 15.0. The number of halogens is 1. The molecule has 2 amide bonds. The highest BCUT2D eigenvalue weighted by atomic mass is 32.2. The number of amides is 2. The molecule has 160 valence electrons. The number of aromatic nitrogens is 3. The highest BCUT2D eigenvalue weighted by Crippen LogP contribution is 2.29. The fourth-order valence-electron chi connectivity index (χ4n) is 3.69. The van der Waals surface area contributed by atoms with Crippen LogP contribution in [-0.4, -0.2) is 49.8 Å². The summed E-state index contributed by atoms with van der Waals surface area (Å²) in [6.07, 6.45) is 2.34. The van der Waals surface area contributed by atoms with Crippen molar-refractivity contribution in [3.8, 4) is 17.1 Å². The standard InChI is InChI=1S/C22H22FN5O2S/c23-16-11-9-15(10-12-16)21-25-26-22(28(21)17-6-2-1-3-7-17)31-14-19(29)27-13-5-4-8-18(27)20(24)30/h1-3,6-7,9-12,18H,4-5,8,13-14H2,(H2,24,30). The van der Waals surface area contributed by atoms with E-state index < -0.39 is 11.9 Å². The Labute approximate surface area is 183 Å². The first kappa shape index (κ1) is 21.0. The zero-order valence-corrected chi connectivity index (χ0v) is 17.6. The van der Waals surface area contributed by atoms with E-state index in [4.69, 9.17) is 5.73 Å². The maximum absolute atomic E-state index is 13.4. The molecule has 0 aliphatic carbocycles. The van der Waals surface area contributed by atoms with Gasteiger partial charge in [0.05, 0.1) is 5.75 Å². The minimum Gasteiger partial charge on any atom is -0.368 e. The molecule has 1 aliphatic rings. The summed E-state index contributed by atoms with van der Waals surface area (Å²) in [7, 11) is 0. The molecule has 0 spiro atoms. The zero-order chi connectivity index (χ0) is 21.8. The molecule has 2 aromatic carbocycles. The van der Waals surface area contributed by atoms with E-state index in [1.54, 1.807) is 17.0 Å². The maximum Gasteiger partial charge on any atom is 0.240 e. The van der Waals surface area contributed by atoms with Crippen LogP contribution in [0.15, 0.2) is 59.8 Å². The molecular formula is C22H22FN5O2S. The number of carbonyl (C=O) groups excluding carboxylic acids is 2. The van der Waals surface area contributed by atoms with Crippen LogP contribution in [0.5, 0.6) is 0 Å². The van der Waals surface area contributed by atoms with E-state index >= 15 is 0 Å². The predicted octanol–water partition coefficient (Wildman–Crippen LogP) is 3.03. The van der Waals surface area contributed by atoms with Crippen LogP contribution in [0, 0.1) is 5.82 Å². The molecule has 3 aromatic rings. The lowest BCUT2D eigenvalue weighted by atomic mass is 10.0. The van der Waals surface area contributed by atoms with Crippen molar-refractivity contribution < 1.29 is 14.0 Å². The van der Waals surface area contributed by atoms with Crippen molar-refractivity contribution in [2.45, 2.75) is 30.5 Å². The number of nitrogens with two attached hydrogens (primary N) is 1. The van der Waals surface area contributed by atoms with Gasteiger partial charge in [-0.3, -0.25) is 14.2 Å².